The molecule has 3 aromatic heterocycles. The summed E-state index contributed by atoms with van der Waals surface area (Å²) in [7, 11) is 4.06. The lowest BCUT2D eigenvalue weighted by atomic mass is 10.0. The molecule has 0 atom stereocenters. The van der Waals surface area contributed by atoms with Gasteiger partial charge in [-0.15, -0.1) is 11.3 Å². The minimum atomic E-state index is 0.913. The molecule has 0 N–H and O–H groups in total. The molecule has 0 saturated heterocycles. The number of rotatable bonds is 4. The highest BCUT2D eigenvalue weighted by Gasteiger charge is 2.13. The quantitative estimate of drug-likeness (QED) is 0.547. The molecule has 0 aliphatic carbocycles. The van der Waals surface area contributed by atoms with E-state index in [4.69, 9.17) is 0 Å². The van der Waals surface area contributed by atoms with Crippen LogP contribution in [0.25, 0.3) is 21.5 Å². The first-order chi connectivity index (χ1) is 12.2. The molecule has 5 nitrogen and oxygen atoms in total. The minimum Gasteiger partial charge on any atom is -0.334 e. The molecule has 0 spiro atoms. The molecule has 1 aromatic carbocycles. The molecule has 0 aliphatic heterocycles. The Labute approximate surface area is 150 Å². The summed E-state index contributed by atoms with van der Waals surface area (Å²) in [6, 6.07) is 8.66. The van der Waals surface area contributed by atoms with Crippen LogP contribution in [-0.4, -0.2) is 26.6 Å². The van der Waals surface area contributed by atoms with Gasteiger partial charge in [-0.3, -0.25) is 4.98 Å². The Morgan fingerprint density at radius 3 is 2.80 bits per heavy atom. The molecule has 4 rings (SSSR count). The van der Waals surface area contributed by atoms with Gasteiger partial charge in [-0.1, -0.05) is 13.0 Å². The molecule has 0 fully saturated rings. The van der Waals surface area contributed by atoms with Gasteiger partial charge in [-0.25, -0.2) is 9.97 Å². The number of thiazole rings is 1. The van der Waals surface area contributed by atoms with E-state index >= 15 is 0 Å². The van der Waals surface area contributed by atoms with E-state index in [-0.39, 0.29) is 0 Å². The zero-order valence-corrected chi connectivity index (χ0v) is 15.3. The molecule has 0 amide bonds. The molecule has 0 bridgehead atoms. The number of hydrogen-bond acceptors (Lipinski definition) is 5. The molecule has 4 aromatic rings. The lowest BCUT2D eigenvalue weighted by Gasteiger charge is -2.22. The average Bonchev–Trinajstić information content (AvgIpc) is 3.31. The fraction of sp³-hybridized carbons (Fsp3) is 0.211. The van der Waals surface area contributed by atoms with Crippen LogP contribution in [0, 0.1) is 0 Å². The predicted molar refractivity (Wildman–Crippen MR) is 104 cm³/mol. The average molecular weight is 349 g/mol. The normalized spacial score (nSPS) is 11.2. The molecule has 6 heteroatoms. The van der Waals surface area contributed by atoms with Gasteiger partial charge < -0.3 is 9.47 Å². The van der Waals surface area contributed by atoms with Crippen molar-refractivity contribution in [3.8, 4) is 10.4 Å². The highest BCUT2D eigenvalue weighted by Crippen LogP contribution is 2.32. The van der Waals surface area contributed by atoms with Crippen LogP contribution in [0.1, 0.15) is 12.5 Å². The number of imidazole rings is 1. The van der Waals surface area contributed by atoms with Crippen molar-refractivity contribution in [1.82, 2.24) is 19.5 Å². The molecule has 0 unspecified atom stereocenters. The minimum absolute atomic E-state index is 0.913. The van der Waals surface area contributed by atoms with Crippen molar-refractivity contribution in [1.29, 1.82) is 0 Å². The van der Waals surface area contributed by atoms with E-state index in [1.807, 2.05) is 35.8 Å². The number of hydrogen-bond donors (Lipinski definition) is 0. The molecular formula is C19H19N5S. The first-order valence-corrected chi connectivity index (χ1v) is 9.08. The Bertz CT molecular complexity index is 1020. The van der Waals surface area contributed by atoms with Gasteiger partial charge in [0, 0.05) is 32.0 Å². The molecule has 0 aliphatic rings. The van der Waals surface area contributed by atoms with Crippen LogP contribution in [0.3, 0.4) is 0 Å². The SMILES string of the molecule is CCc1cc(-c2cncs2)ccc1N(C)c1cc2c(cn1)ncn2C. The number of pyridine rings is 1. The van der Waals surface area contributed by atoms with Crippen molar-refractivity contribution in [3.63, 3.8) is 0 Å². The van der Waals surface area contributed by atoms with E-state index in [1.54, 1.807) is 11.3 Å². The second-order valence-corrected chi connectivity index (χ2v) is 6.89. The third-order valence-corrected chi connectivity index (χ3v) is 5.30. The summed E-state index contributed by atoms with van der Waals surface area (Å²) in [5.41, 5.74) is 7.54. The highest BCUT2D eigenvalue weighted by atomic mass is 32.1. The van der Waals surface area contributed by atoms with Crippen LogP contribution in [0.2, 0.25) is 0 Å². The Kier molecular flexibility index (Phi) is 3.97. The van der Waals surface area contributed by atoms with Gasteiger partial charge in [0.2, 0.25) is 0 Å². The predicted octanol–water partition coefficient (Wildman–Crippen LogP) is 4.42. The standard InChI is InChI=1S/C19H19N5S/c1-4-13-7-14(18-10-20-12-25-18)5-6-16(13)24(3)19-8-17-15(9-21-19)22-11-23(17)2/h5-12H,4H2,1-3H3. The maximum Gasteiger partial charge on any atom is 0.134 e. The maximum atomic E-state index is 4.59. The van der Waals surface area contributed by atoms with Crippen molar-refractivity contribution < 1.29 is 0 Å². The van der Waals surface area contributed by atoms with Crippen molar-refractivity contribution in [2.45, 2.75) is 13.3 Å². The lowest BCUT2D eigenvalue weighted by Crippen LogP contribution is -2.13. The monoisotopic (exact) mass is 349 g/mol. The fourth-order valence-electron chi connectivity index (χ4n) is 3.03. The molecule has 0 saturated carbocycles. The number of benzene rings is 1. The Hall–Kier alpha value is -2.73. The van der Waals surface area contributed by atoms with Crippen LogP contribution < -0.4 is 4.90 Å². The molecule has 126 valence electrons. The summed E-state index contributed by atoms with van der Waals surface area (Å²) < 4.78 is 2.02. The number of fused-ring (bicyclic) bond motifs is 1. The maximum absolute atomic E-state index is 4.59. The smallest absolute Gasteiger partial charge is 0.134 e. The zero-order chi connectivity index (χ0) is 17.4. The van der Waals surface area contributed by atoms with Crippen LogP contribution >= 0.6 is 11.3 Å². The van der Waals surface area contributed by atoms with E-state index < -0.39 is 0 Å². The van der Waals surface area contributed by atoms with Crippen molar-refractivity contribution in [2.75, 3.05) is 11.9 Å². The number of aromatic nitrogens is 4. The summed E-state index contributed by atoms with van der Waals surface area (Å²) in [6.07, 6.45) is 6.52. The summed E-state index contributed by atoms with van der Waals surface area (Å²) in [4.78, 5) is 16.4. The Balaban J connectivity index is 1.75. The van der Waals surface area contributed by atoms with Crippen molar-refractivity contribution in [2.24, 2.45) is 7.05 Å². The topological polar surface area (TPSA) is 46.8 Å². The largest absolute Gasteiger partial charge is 0.334 e. The molecule has 0 radical (unpaired) electrons. The van der Waals surface area contributed by atoms with Gasteiger partial charge in [-0.05, 0) is 29.7 Å². The van der Waals surface area contributed by atoms with Crippen LogP contribution in [0.4, 0.5) is 11.5 Å². The summed E-state index contributed by atoms with van der Waals surface area (Å²) in [5.74, 6) is 0.913. The molecular weight excluding hydrogens is 330 g/mol. The summed E-state index contributed by atoms with van der Waals surface area (Å²) in [5, 5.41) is 0. The van der Waals surface area contributed by atoms with E-state index in [2.05, 4.69) is 58.1 Å². The summed E-state index contributed by atoms with van der Waals surface area (Å²) >= 11 is 1.66. The third-order valence-electron chi connectivity index (χ3n) is 4.48. The Morgan fingerprint density at radius 2 is 2.04 bits per heavy atom. The number of aryl methyl sites for hydroxylation is 2. The highest BCUT2D eigenvalue weighted by molar-refractivity contribution is 7.13. The van der Waals surface area contributed by atoms with Crippen LogP contribution in [0.5, 0.6) is 0 Å². The van der Waals surface area contributed by atoms with Gasteiger partial charge in [0.15, 0.2) is 0 Å². The van der Waals surface area contributed by atoms with Crippen molar-refractivity contribution in [3.05, 3.63) is 54.1 Å². The summed E-state index contributed by atoms with van der Waals surface area (Å²) in [6.45, 7) is 2.18. The van der Waals surface area contributed by atoms with E-state index in [0.29, 0.717) is 0 Å². The Morgan fingerprint density at radius 1 is 1.16 bits per heavy atom. The second kappa shape index (κ2) is 6.29. The first-order valence-electron chi connectivity index (χ1n) is 8.20. The van der Waals surface area contributed by atoms with Crippen molar-refractivity contribution >= 4 is 33.9 Å². The van der Waals surface area contributed by atoms with E-state index in [9.17, 15) is 0 Å². The van der Waals surface area contributed by atoms with Gasteiger partial charge in [0.25, 0.3) is 0 Å². The van der Waals surface area contributed by atoms with E-state index in [0.717, 1.165) is 23.3 Å². The molecule has 25 heavy (non-hydrogen) atoms. The fourth-order valence-corrected chi connectivity index (χ4v) is 3.65. The number of nitrogens with zero attached hydrogens (tertiary/aromatic N) is 5. The molecule has 3 heterocycles. The number of anilines is 2. The van der Waals surface area contributed by atoms with E-state index in [1.165, 1.54) is 21.7 Å². The third kappa shape index (κ3) is 2.78. The van der Waals surface area contributed by atoms with Gasteiger partial charge in [-0.2, -0.15) is 0 Å². The van der Waals surface area contributed by atoms with Gasteiger partial charge >= 0.3 is 0 Å². The second-order valence-electron chi connectivity index (χ2n) is 6.01. The van der Waals surface area contributed by atoms with Crippen LogP contribution in [0.15, 0.2) is 48.5 Å². The lowest BCUT2D eigenvalue weighted by molar-refractivity contribution is 0.946. The first kappa shape index (κ1) is 15.8. The van der Waals surface area contributed by atoms with Gasteiger partial charge in [0.05, 0.1) is 28.4 Å². The van der Waals surface area contributed by atoms with Gasteiger partial charge in [0.1, 0.15) is 11.3 Å². The zero-order valence-electron chi connectivity index (χ0n) is 14.5. The van der Waals surface area contributed by atoms with Crippen LogP contribution in [-0.2, 0) is 13.5 Å².